The predicted molar refractivity (Wildman–Crippen MR) is 80.4 cm³/mol. The molecule has 1 aliphatic rings. The lowest BCUT2D eigenvalue weighted by molar-refractivity contribution is 0.949. The molecule has 1 saturated heterocycles. The Morgan fingerprint density at radius 2 is 1.74 bits per heavy atom. The Bertz CT molecular complexity index is 530. The van der Waals surface area contributed by atoms with Crippen LogP contribution in [-0.2, 0) is 0 Å². The van der Waals surface area contributed by atoms with Crippen molar-refractivity contribution in [1.29, 1.82) is 0 Å². The molecule has 2 aromatic rings. The van der Waals surface area contributed by atoms with Crippen LogP contribution in [0.15, 0.2) is 42.6 Å². The fourth-order valence-electron chi connectivity index (χ4n) is 2.33. The zero-order valence-electron chi connectivity index (χ0n) is 10.6. The van der Waals surface area contributed by atoms with Crippen molar-refractivity contribution in [2.45, 2.75) is 12.8 Å². The number of aromatic nitrogens is 1. The SMILES string of the molecule is Clc1ccc(Nc2ccc(N3CCCC3)cc2)nc1. The van der Waals surface area contributed by atoms with Gasteiger partial charge in [-0.05, 0) is 49.2 Å². The van der Waals surface area contributed by atoms with E-state index in [4.69, 9.17) is 11.6 Å². The highest BCUT2D eigenvalue weighted by molar-refractivity contribution is 6.30. The van der Waals surface area contributed by atoms with Gasteiger partial charge in [0, 0.05) is 30.7 Å². The van der Waals surface area contributed by atoms with Crippen molar-refractivity contribution in [3.8, 4) is 0 Å². The lowest BCUT2D eigenvalue weighted by atomic mass is 10.2. The number of nitrogens with one attached hydrogen (secondary N) is 1. The van der Waals surface area contributed by atoms with E-state index in [9.17, 15) is 0 Å². The van der Waals surface area contributed by atoms with E-state index in [-0.39, 0.29) is 0 Å². The normalized spacial score (nSPS) is 14.7. The second kappa shape index (κ2) is 5.49. The molecule has 1 N–H and O–H groups in total. The smallest absolute Gasteiger partial charge is 0.130 e. The Morgan fingerprint density at radius 1 is 1.00 bits per heavy atom. The third-order valence-electron chi connectivity index (χ3n) is 3.34. The molecule has 0 atom stereocenters. The van der Waals surface area contributed by atoms with E-state index < -0.39 is 0 Å². The first-order valence-electron chi connectivity index (χ1n) is 6.55. The fourth-order valence-corrected chi connectivity index (χ4v) is 2.44. The Balaban J connectivity index is 1.70. The van der Waals surface area contributed by atoms with Crippen molar-refractivity contribution in [3.05, 3.63) is 47.6 Å². The molecule has 0 aliphatic carbocycles. The van der Waals surface area contributed by atoms with Crippen molar-refractivity contribution in [2.24, 2.45) is 0 Å². The van der Waals surface area contributed by atoms with Gasteiger partial charge < -0.3 is 10.2 Å². The summed E-state index contributed by atoms with van der Waals surface area (Å²) in [7, 11) is 0. The lowest BCUT2D eigenvalue weighted by Crippen LogP contribution is -2.17. The van der Waals surface area contributed by atoms with E-state index in [0.717, 1.165) is 11.5 Å². The number of pyridine rings is 1. The van der Waals surface area contributed by atoms with Crippen LogP contribution < -0.4 is 10.2 Å². The third kappa shape index (κ3) is 2.99. The van der Waals surface area contributed by atoms with Crippen LogP contribution in [-0.4, -0.2) is 18.1 Å². The van der Waals surface area contributed by atoms with Gasteiger partial charge in [-0.25, -0.2) is 4.98 Å². The quantitative estimate of drug-likeness (QED) is 0.913. The monoisotopic (exact) mass is 273 g/mol. The molecule has 1 aliphatic heterocycles. The van der Waals surface area contributed by atoms with Crippen LogP contribution in [0, 0.1) is 0 Å². The molecule has 0 amide bonds. The van der Waals surface area contributed by atoms with Crippen LogP contribution in [0.25, 0.3) is 0 Å². The van der Waals surface area contributed by atoms with E-state index in [0.29, 0.717) is 5.02 Å². The average Bonchev–Trinajstić information content (AvgIpc) is 2.96. The summed E-state index contributed by atoms with van der Waals surface area (Å²) in [6, 6.07) is 12.2. The van der Waals surface area contributed by atoms with Crippen molar-refractivity contribution >= 4 is 28.8 Å². The van der Waals surface area contributed by atoms with Crippen LogP contribution in [0.1, 0.15) is 12.8 Å². The van der Waals surface area contributed by atoms with Gasteiger partial charge in [0.25, 0.3) is 0 Å². The molecule has 3 nitrogen and oxygen atoms in total. The van der Waals surface area contributed by atoms with Crippen molar-refractivity contribution < 1.29 is 0 Å². The molecule has 1 fully saturated rings. The maximum atomic E-state index is 5.81. The van der Waals surface area contributed by atoms with Gasteiger partial charge in [0.15, 0.2) is 0 Å². The van der Waals surface area contributed by atoms with Crippen molar-refractivity contribution in [3.63, 3.8) is 0 Å². The van der Waals surface area contributed by atoms with Crippen molar-refractivity contribution in [2.75, 3.05) is 23.3 Å². The summed E-state index contributed by atoms with van der Waals surface area (Å²) in [6.45, 7) is 2.34. The third-order valence-corrected chi connectivity index (χ3v) is 3.56. The lowest BCUT2D eigenvalue weighted by Gasteiger charge is -2.17. The molecule has 3 rings (SSSR count). The second-order valence-corrected chi connectivity index (χ2v) is 5.16. The van der Waals surface area contributed by atoms with Crippen LogP contribution >= 0.6 is 11.6 Å². The first kappa shape index (κ1) is 12.3. The van der Waals surface area contributed by atoms with E-state index in [1.807, 2.05) is 12.1 Å². The second-order valence-electron chi connectivity index (χ2n) is 4.73. The Hall–Kier alpha value is -1.74. The molecule has 0 unspecified atom stereocenters. The number of rotatable bonds is 3. The number of hydrogen-bond donors (Lipinski definition) is 1. The molecule has 1 aromatic carbocycles. The van der Waals surface area contributed by atoms with Gasteiger partial charge in [-0.15, -0.1) is 0 Å². The van der Waals surface area contributed by atoms with E-state index >= 15 is 0 Å². The molecule has 98 valence electrons. The Morgan fingerprint density at radius 3 is 2.37 bits per heavy atom. The van der Waals surface area contributed by atoms with Gasteiger partial charge in [0.05, 0.1) is 5.02 Å². The summed E-state index contributed by atoms with van der Waals surface area (Å²) in [5.41, 5.74) is 2.34. The standard InChI is InChI=1S/C15H16ClN3/c16-12-3-8-15(17-11-12)18-13-4-6-14(7-5-13)19-9-1-2-10-19/h3-8,11H,1-2,9-10H2,(H,17,18). The minimum Gasteiger partial charge on any atom is -0.372 e. The highest BCUT2D eigenvalue weighted by atomic mass is 35.5. The van der Waals surface area contributed by atoms with E-state index in [2.05, 4.69) is 39.5 Å². The minimum absolute atomic E-state index is 0.648. The number of benzene rings is 1. The van der Waals surface area contributed by atoms with Crippen LogP contribution in [0.2, 0.25) is 5.02 Å². The molecular weight excluding hydrogens is 258 g/mol. The Kier molecular flexibility index (Phi) is 3.56. The van der Waals surface area contributed by atoms with E-state index in [1.54, 1.807) is 6.20 Å². The molecule has 2 heterocycles. The summed E-state index contributed by atoms with van der Waals surface area (Å²) >= 11 is 5.81. The molecule has 0 spiro atoms. The predicted octanol–water partition coefficient (Wildman–Crippen LogP) is 4.08. The largest absolute Gasteiger partial charge is 0.372 e. The Labute approximate surface area is 118 Å². The molecular formula is C15H16ClN3. The van der Waals surface area contributed by atoms with E-state index in [1.165, 1.54) is 31.6 Å². The topological polar surface area (TPSA) is 28.2 Å². The first-order chi connectivity index (χ1) is 9.31. The summed E-state index contributed by atoms with van der Waals surface area (Å²) in [5, 5.41) is 3.91. The van der Waals surface area contributed by atoms with Gasteiger partial charge >= 0.3 is 0 Å². The van der Waals surface area contributed by atoms with Gasteiger partial charge in [0.1, 0.15) is 5.82 Å². The average molecular weight is 274 g/mol. The highest BCUT2D eigenvalue weighted by Crippen LogP contribution is 2.23. The van der Waals surface area contributed by atoms with Gasteiger partial charge in [0.2, 0.25) is 0 Å². The summed E-state index contributed by atoms with van der Waals surface area (Å²) in [4.78, 5) is 6.64. The highest BCUT2D eigenvalue weighted by Gasteiger charge is 2.11. The molecule has 19 heavy (non-hydrogen) atoms. The van der Waals surface area contributed by atoms with Crippen LogP contribution in [0.3, 0.4) is 0 Å². The summed E-state index contributed by atoms with van der Waals surface area (Å²) in [5.74, 6) is 0.804. The molecule has 4 heteroatoms. The van der Waals surface area contributed by atoms with Gasteiger partial charge in [-0.3, -0.25) is 0 Å². The number of halogens is 1. The number of anilines is 3. The molecule has 0 radical (unpaired) electrons. The fraction of sp³-hybridized carbons (Fsp3) is 0.267. The maximum absolute atomic E-state index is 5.81. The summed E-state index contributed by atoms with van der Waals surface area (Å²) in [6.07, 6.45) is 4.24. The number of hydrogen-bond acceptors (Lipinski definition) is 3. The first-order valence-corrected chi connectivity index (χ1v) is 6.93. The zero-order valence-corrected chi connectivity index (χ0v) is 11.4. The molecule has 0 saturated carbocycles. The zero-order chi connectivity index (χ0) is 13.1. The minimum atomic E-state index is 0.648. The molecule has 0 bridgehead atoms. The maximum Gasteiger partial charge on any atom is 0.130 e. The van der Waals surface area contributed by atoms with Gasteiger partial charge in [-0.2, -0.15) is 0 Å². The van der Waals surface area contributed by atoms with Crippen LogP contribution in [0.5, 0.6) is 0 Å². The van der Waals surface area contributed by atoms with Crippen LogP contribution in [0.4, 0.5) is 17.2 Å². The number of nitrogens with zero attached hydrogens (tertiary/aromatic N) is 2. The molecule has 1 aromatic heterocycles. The van der Waals surface area contributed by atoms with Crippen molar-refractivity contribution in [1.82, 2.24) is 4.98 Å². The van der Waals surface area contributed by atoms with Gasteiger partial charge in [-0.1, -0.05) is 11.6 Å². The summed E-state index contributed by atoms with van der Waals surface area (Å²) < 4.78 is 0.